The molecule has 0 aliphatic rings. The van der Waals surface area contributed by atoms with Gasteiger partial charge in [-0.15, -0.1) is 0 Å². The Morgan fingerprint density at radius 1 is 1.10 bits per heavy atom. The van der Waals surface area contributed by atoms with Crippen LogP contribution in [0.2, 0.25) is 0 Å². The molecule has 0 bridgehead atoms. The molecule has 0 fully saturated rings. The van der Waals surface area contributed by atoms with E-state index < -0.39 is 0 Å². The van der Waals surface area contributed by atoms with Crippen LogP contribution >= 0.6 is 24.4 Å². The summed E-state index contributed by atoms with van der Waals surface area (Å²) in [5, 5.41) is 0. The number of rotatable bonds is 2. The minimum Gasteiger partial charge on any atom is -0.172 e. The van der Waals surface area contributed by atoms with Crippen molar-refractivity contribution in [3.05, 3.63) is 0 Å². The summed E-state index contributed by atoms with van der Waals surface area (Å²) in [6.07, 6.45) is 0. The molecule has 0 N–H and O–H groups in total. The van der Waals surface area contributed by atoms with Gasteiger partial charge in [-0.05, 0) is 0 Å². The molecule has 0 aliphatic carbocycles. The molecule has 0 saturated heterocycles. The normalized spacial score (nSPS) is 13.8. The first-order chi connectivity index (χ1) is 4.21. The minimum absolute atomic E-state index is 0.165. The Bertz CT molecular complexity index is 80.8. The minimum atomic E-state index is 0.165. The lowest BCUT2D eigenvalue weighted by atomic mass is 10.2. The molecular weight excluding hydrogens is 160 g/mol. The molecule has 0 heterocycles. The SMILES string of the molecule is CC(C)(S)CSC(C)(C)C. The molecule has 0 spiro atoms. The molecule has 62 valence electrons. The first kappa shape index (κ1) is 10.7. The van der Waals surface area contributed by atoms with Crippen molar-refractivity contribution in [3.8, 4) is 0 Å². The van der Waals surface area contributed by atoms with Crippen LogP contribution in [0.25, 0.3) is 0 Å². The van der Waals surface area contributed by atoms with Crippen molar-refractivity contribution in [1.29, 1.82) is 0 Å². The van der Waals surface area contributed by atoms with E-state index in [-0.39, 0.29) is 4.75 Å². The molecule has 0 aromatic heterocycles. The Morgan fingerprint density at radius 3 is 1.60 bits per heavy atom. The molecular formula is C8H18S2. The lowest BCUT2D eigenvalue weighted by molar-refractivity contribution is 0.776. The van der Waals surface area contributed by atoms with Gasteiger partial charge in [-0.25, -0.2) is 0 Å². The second kappa shape index (κ2) is 3.40. The highest BCUT2D eigenvalue weighted by Crippen LogP contribution is 2.29. The molecule has 0 aromatic rings. The van der Waals surface area contributed by atoms with Crippen molar-refractivity contribution >= 4 is 24.4 Å². The topological polar surface area (TPSA) is 0 Å². The zero-order chi connectivity index (χ0) is 8.41. The van der Waals surface area contributed by atoms with E-state index >= 15 is 0 Å². The van der Waals surface area contributed by atoms with Gasteiger partial charge in [0, 0.05) is 15.2 Å². The van der Waals surface area contributed by atoms with E-state index in [1.165, 1.54) is 0 Å². The van der Waals surface area contributed by atoms with Crippen molar-refractivity contribution in [2.45, 2.75) is 44.1 Å². The van der Waals surface area contributed by atoms with Crippen LogP contribution in [0.1, 0.15) is 34.6 Å². The highest BCUT2D eigenvalue weighted by Gasteiger charge is 2.17. The third kappa shape index (κ3) is 8.70. The Kier molecular flexibility index (Phi) is 3.64. The van der Waals surface area contributed by atoms with Gasteiger partial charge >= 0.3 is 0 Å². The van der Waals surface area contributed by atoms with Gasteiger partial charge in [-0.1, -0.05) is 34.6 Å². The Balaban J connectivity index is 3.56. The lowest BCUT2D eigenvalue weighted by Crippen LogP contribution is -2.19. The van der Waals surface area contributed by atoms with E-state index in [4.69, 9.17) is 0 Å². The Morgan fingerprint density at radius 2 is 1.50 bits per heavy atom. The van der Waals surface area contributed by atoms with E-state index in [1.807, 2.05) is 11.8 Å². The van der Waals surface area contributed by atoms with Crippen molar-refractivity contribution in [2.75, 3.05) is 5.75 Å². The second-order valence-corrected chi connectivity index (χ2v) is 7.23. The van der Waals surface area contributed by atoms with E-state index in [2.05, 4.69) is 47.2 Å². The van der Waals surface area contributed by atoms with Crippen LogP contribution in [0, 0.1) is 0 Å². The third-order valence-electron chi connectivity index (χ3n) is 0.858. The van der Waals surface area contributed by atoms with Crippen molar-refractivity contribution < 1.29 is 0 Å². The summed E-state index contributed by atoms with van der Waals surface area (Å²) in [7, 11) is 0. The van der Waals surface area contributed by atoms with Gasteiger partial charge in [0.15, 0.2) is 0 Å². The van der Waals surface area contributed by atoms with Crippen LogP contribution in [-0.2, 0) is 0 Å². The molecule has 0 nitrogen and oxygen atoms in total. The standard InChI is InChI=1S/C8H18S2/c1-7(2,3)10-6-8(4,5)9/h9H,6H2,1-5H3. The van der Waals surface area contributed by atoms with Crippen molar-refractivity contribution in [3.63, 3.8) is 0 Å². The van der Waals surface area contributed by atoms with Gasteiger partial charge < -0.3 is 0 Å². The lowest BCUT2D eigenvalue weighted by Gasteiger charge is -2.23. The second-order valence-electron chi connectivity index (χ2n) is 4.21. The van der Waals surface area contributed by atoms with Crippen LogP contribution in [0.4, 0.5) is 0 Å². The highest BCUT2D eigenvalue weighted by molar-refractivity contribution is 8.01. The zero-order valence-corrected chi connectivity index (χ0v) is 9.27. The van der Waals surface area contributed by atoms with Gasteiger partial charge in [0.1, 0.15) is 0 Å². The van der Waals surface area contributed by atoms with Crippen LogP contribution < -0.4 is 0 Å². The zero-order valence-electron chi connectivity index (χ0n) is 7.56. The average molecular weight is 178 g/mol. The number of hydrogen-bond acceptors (Lipinski definition) is 2. The monoisotopic (exact) mass is 178 g/mol. The molecule has 0 aromatic carbocycles. The summed E-state index contributed by atoms with van der Waals surface area (Å²) in [5.74, 6) is 1.11. The predicted octanol–water partition coefficient (Wildman–Crippen LogP) is 3.23. The maximum atomic E-state index is 4.45. The molecule has 0 amide bonds. The number of hydrogen-bond donors (Lipinski definition) is 1. The molecule has 0 rings (SSSR count). The van der Waals surface area contributed by atoms with Crippen molar-refractivity contribution in [2.24, 2.45) is 0 Å². The summed E-state index contributed by atoms with van der Waals surface area (Å²) >= 11 is 6.41. The summed E-state index contributed by atoms with van der Waals surface area (Å²) in [6.45, 7) is 11.0. The van der Waals surface area contributed by atoms with Crippen LogP contribution in [0.15, 0.2) is 0 Å². The molecule has 0 radical (unpaired) electrons. The van der Waals surface area contributed by atoms with E-state index in [0.717, 1.165) is 5.75 Å². The van der Waals surface area contributed by atoms with Gasteiger partial charge in [0.25, 0.3) is 0 Å². The maximum Gasteiger partial charge on any atom is 0.0164 e. The maximum absolute atomic E-state index is 4.45. The summed E-state index contributed by atoms with van der Waals surface area (Å²) in [5.41, 5.74) is 0. The number of thioether (sulfide) groups is 1. The van der Waals surface area contributed by atoms with E-state index in [1.54, 1.807) is 0 Å². The van der Waals surface area contributed by atoms with Gasteiger partial charge in [0.05, 0.1) is 0 Å². The van der Waals surface area contributed by atoms with Crippen LogP contribution in [0.5, 0.6) is 0 Å². The van der Waals surface area contributed by atoms with Crippen LogP contribution in [0.3, 0.4) is 0 Å². The average Bonchev–Trinajstić information content (AvgIpc) is 1.57. The van der Waals surface area contributed by atoms with Gasteiger partial charge in [-0.3, -0.25) is 0 Å². The molecule has 2 heteroatoms. The number of thiol groups is 1. The Labute approximate surface area is 74.6 Å². The molecule has 0 aliphatic heterocycles. The fourth-order valence-electron chi connectivity index (χ4n) is 0.393. The summed E-state index contributed by atoms with van der Waals surface area (Å²) in [4.78, 5) is 0. The smallest absolute Gasteiger partial charge is 0.0164 e. The Hall–Kier alpha value is 0.700. The molecule has 10 heavy (non-hydrogen) atoms. The fourth-order valence-corrected chi connectivity index (χ4v) is 1.37. The largest absolute Gasteiger partial charge is 0.172 e. The van der Waals surface area contributed by atoms with Crippen LogP contribution in [-0.4, -0.2) is 15.2 Å². The van der Waals surface area contributed by atoms with Gasteiger partial charge in [-0.2, -0.15) is 24.4 Å². The van der Waals surface area contributed by atoms with Crippen molar-refractivity contribution in [1.82, 2.24) is 0 Å². The van der Waals surface area contributed by atoms with E-state index in [0.29, 0.717) is 4.75 Å². The van der Waals surface area contributed by atoms with E-state index in [9.17, 15) is 0 Å². The predicted molar refractivity (Wildman–Crippen MR) is 55.3 cm³/mol. The molecule has 0 atom stereocenters. The first-order valence-corrected chi connectivity index (χ1v) is 5.00. The quantitative estimate of drug-likeness (QED) is 0.634. The van der Waals surface area contributed by atoms with Gasteiger partial charge in [0.2, 0.25) is 0 Å². The first-order valence-electron chi connectivity index (χ1n) is 3.57. The molecule has 0 saturated carbocycles. The third-order valence-corrected chi connectivity index (χ3v) is 2.96. The highest BCUT2D eigenvalue weighted by atomic mass is 32.2. The summed E-state index contributed by atoms with van der Waals surface area (Å²) in [6, 6.07) is 0. The molecule has 0 unspecified atom stereocenters. The summed E-state index contributed by atoms with van der Waals surface area (Å²) < 4.78 is 0.540. The fraction of sp³-hybridized carbons (Fsp3) is 1.00.